The van der Waals surface area contributed by atoms with Gasteiger partial charge in [-0.1, -0.05) is 30.3 Å². The minimum Gasteiger partial charge on any atom is -0.445 e. The molecule has 0 spiro atoms. The summed E-state index contributed by atoms with van der Waals surface area (Å²) >= 11 is 0. The van der Waals surface area contributed by atoms with Gasteiger partial charge in [-0.15, -0.1) is 0 Å². The van der Waals surface area contributed by atoms with Gasteiger partial charge in [-0.25, -0.2) is 14.6 Å². The van der Waals surface area contributed by atoms with Crippen LogP contribution < -0.4 is 5.32 Å². The number of nitrogens with zero attached hydrogens (tertiary/aromatic N) is 2. The van der Waals surface area contributed by atoms with Gasteiger partial charge < -0.3 is 14.8 Å². The van der Waals surface area contributed by atoms with Gasteiger partial charge >= 0.3 is 12.2 Å². The number of hydrogen-bond donors (Lipinski definition) is 2. The van der Waals surface area contributed by atoms with Crippen molar-refractivity contribution >= 4 is 18.5 Å². The van der Waals surface area contributed by atoms with Crippen LogP contribution in [0.1, 0.15) is 39.2 Å². The molecule has 1 aliphatic rings. The van der Waals surface area contributed by atoms with Crippen molar-refractivity contribution in [2.45, 2.75) is 45.8 Å². The van der Waals surface area contributed by atoms with Crippen molar-refractivity contribution in [3.8, 4) is 0 Å². The predicted molar refractivity (Wildman–Crippen MR) is 106 cm³/mol. The fourth-order valence-electron chi connectivity index (χ4n) is 2.97. The summed E-state index contributed by atoms with van der Waals surface area (Å²) in [5.74, 6) is 0.155. The Balaban J connectivity index is 1.79. The quantitative estimate of drug-likeness (QED) is 0.573. The number of piperidine rings is 1. The van der Waals surface area contributed by atoms with Gasteiger partial charge in [0, 0.05) is 19.6 Å². The maximum Gasteiger partial charge on any atom is 0.430 e. The molecule has 1 unspecified atom stereocenters. The summed E-state index contributed by atoms with van der Waals surface area (Å²) < 4.78 is 10.6. The summed E-state index contributed by atoms with van der Waals surface area (Å²) in [5, 5.41) is 13.3. The molecule has 1 saturated heterocycles. The number of hydrogen-bond acceptors (Lipinski definition) is 6. The Labute approximate surface area is 166 Å². The Morgan fingerprint density at radius 2 is 2.04 bits per heavy atom. The number of rotatable bonds is 6. The summed E-state index contributed by atoms with van der Waals surface area (Å²) in [6.07, 6.45) is 1.72. The molecule has 8 nitrogen and oxygen atoms in total. The number of benzene rings is 1. The third-order valence-electron chi connectivity index (χ3n) is 4.25. The molecule has 0 radical (unpaired) electrons. The van der Waals surface area contributed by atoms with Gasteiger partial charge in [0.1, 0.15) is 18.5 Å². The molecule has 28 heavy (non-hydrogen) atoms. The molecular formula is C20H30N4O4. The Morgan fingerprint density at radius 1 is 1.32 bits per heavy atom. The van der Waals surface area contributed by atoms with Gasteiger partial charge in [0.25, 0.3) is 0 Å². The average Bonchev–Trinajstić information content (AvgIpc) is 2.65. The van der Waals surface area contributed by atoms with Crippen molar-refractivity contribution in [1.29, 1.82) is 5.41 Å². The number of amides is 2. The van der Waals surface area contributed by atoms with Gasteiger partial charge in [0.2, 0.25) is 0 Å². The van der Waals surface area contributed by atoms with Crippen LogP contribution in [0.4, 0.5) is 9.59 Å². The molecule has 1 fully saturated rings. The van der Waals surface area contributed by atoms with Crippen LogP contribution in [-0.2, 0) is 16.1 Å². The zero-order valence-electron chi connectivity index (χ0n) is 16.8. The van der Waals surface area contributed by atoms with Gasteiger partial charge in [-0.3, -0.25) is 5.41 Å². The van der Waals surface area contributed by atoms with E-state index in [1.807, 2.05) is 30.3 Å². The second-order valence-corrected chi connectivity index (χ2v) is 7.82. The van der Waals surface area contributed by atoms with Gasteiger partial charge in [-0.2, -0.15) is 5.01 Å². The number of ether oxygens (including phenoxy) is 2. The molecule has 0 aliphatic carbocycles. The van der Waals surface area contributed by atoms with Gasteiger partial charge in [-0.05, 0) is 45.1 Å². The largest absolute Gasteiger partial charge is 0.445 e. The smallest absolute Gasteiger partial charge is 0.430 e. The molecule has 0 saturated carbocycles. The molecule has 1 atom stereocenters. The van der Waals surface area contributed by atoms with E-state index in [1.54, 1.807) is 25.8 Å². The van der Waals surface area contributed by atoms with Crippen LogP contribution in [0, 0.1) is 11.3 Å². The van der Waals surface area contributed by atoms with E-state index in [-0.39, 0.29) is 12.5 Å². The summed E-state index contributed by atoms with van der Waals surface area (Å²) in [4.78, 5) is 24.2. The SMILES string of the molecule is CC(C)(C)OC(=O)N(C=N)N1CCCC(CNC(=O)OCc2ccccc2)C1. The zero-order chi connectivity index (χ0) is 20.6. The first-order chi connectivity index (χ1) is 13.3. The number of carbonyl (C=O) groups is 2. The normalized spacial score (nSPS) is 17.5. The lowest BCUT2D eigenvalue weighted by Crippen LogP contribution is -2.52. The van der Waals surface area contributed by atoms with Crippen molar-refractivity contribution in [1.82, 2.24) is 15.3 Å². The number of hydrazine groups is 1. The second-order valence-electron chi connectivity index (χ2n) is 7.82. The van der Waals surface area contributed by atoms with E-state index in [4.69, 9.17) is 14.9 Å². The Morgan fingerprint density at radius 3 is 2.68 bits per heavy atom. The monoisotopic (exact) mass is 390 g/mol. The molecule has 0 bridgehead atoms. The topological polar surface area (TPSA) is 95.0 Å². The summed E-state index contributed by atoms with van der Waals surface area (Å²) in [5.41, 5.74) is 0.304. The molecule has 0 aromatic heterocycles. The molecule has 2 rings (SSSR count). The van der Waals surface area contributed by atoms with E-state index < -0.39 is 17.8 Å². The standard InChI is InChI=1S/C20H30N4O4/c1-20(2,3)28-19(26)24(15-21)23-11-7-10-17(13-23)12-22-18(25)27-14-16-8-5-4-6-9-16/h4-6,8-9,15,17,21H,7,10-14H2,1-3H3,(H,22,25). The maximum atomic E-state index is 12.3. The number of nitrogens with one attached hydrogen (secondary N) is 2. The predicted octanol–water partition coefficient (Wildman–Crippen LogP) is 3.38. The molecule has 1 aromatic rings. The van der Waals surface area contributed by atoms with Crippen molar-refractivity contribution in [3.05, 3.63) is 35.9 Å². The maximum absolute atomic E-state index is 12.3. The van der Waals surface area contributed by atoms with Crippen molar-refractivity contribution in [3.63, 3.8) is 0 Å². The highest BCUT2D eigenvalue weighted by atomic mass is 16.6. The zero-order valence-corrected chi connectivity index (χ0v) is 16.8. The van der Waals surface area contributed by atoms with Crippen molar-refractivity contribution < 1.29 is 19.1 Å². The lowest BCUT2D eigenvalue weighted by Gasteiger charge is -2.38. The molecule has 2 amide bonds. The van der Waals surface area contributed by atoms with E-state index in [2.05, 4.69) is 5.32 Å². The lowest BCUT2D eigenvalue weighted by atomic mass is 9.99. The number of carbonyl (C=O) groups excluding carboxylic acids is 2. The van der Waals surface area contributed by atoms with E-state index in [0.29, 0.717) is 19.6 Å². The highest BCUT2D eigenvalue weighted by molar-refractivity contribution is 5.80. The third kappa shape index (κ3) is 7.19. The highest BCUT2D eigenvalue weighted by Gasteiger charge is 2.30. The van der Waals surface area contributed by atoms with Crippen LogP contribution >= 0.6 is 0 Å². The minimum atomic E-state index is -0.627. The van der Waals surface area contributed by atoms with Crippen LogP contribution in [0.15, 0.2) is 30.3 Å². The van der Waals surface area contributed by atoms with E-state index in [0.717, 1.165) is 24.7 Å². The van der Waals surface area contributed by atoms with Gasteiger partial charge in [0.05, 0.1) is 0 Å². The molecule has 154 valence electrons. The van der Waals surface area contributed by atoms with Crippen LogP contribution in [0.2, 0.25) is 0 Å². The van der Waals surface area contributed by atoms with Crippen LogP contribution in [0.3, 0.4) is 0 Å². The molecular weight excluding hydrogens is 360 g/mol. The average molecular weight is 390 g/mol. The third-order valence-corrected chi connectivity index (χ3v) is 4.25. The van der Waals surface area contributed by atoms with Crippen LogP contribution in [-0.4, -0.2) is 53.8 Å². The first kappa shape index (κ1) is 21.7. The van der Waals surface area contributed by atoms with E-state index in [9.17, 15) is 9.59 Å². The fraction of sp³-hybridized carbons (Fsp3) is 0.550. The Hall–Kier alpha value is -2.61. The minimum absolute atomic E-state index is 0.155. The molecule has 2 N–H and O–H groups in total. The fourth-order valence-corrected chi connectivity index (χ4v) is 2.97. The van der Waals surface area contributed by atoms with E-state index in [1.165, 1.54) is 5.01 Å². The molecule has 8 heteroatoms. The van der Waals surface area contributed by atoms with E-state index >= 15 is 0 Å². The highest BCUT2D eigenvalue weighted by Crippen LogP contribution is 2.19. The summed E-state index contributed by atoms with van der Waals surface area (Å²) in [6, 6.07) is 9.50. The Kier molecular flexibility index (Phi) is 7.80. The summed E-state index contributed by atoms with van der Waals surface area (Å²) in [6.45, 7) is 7.25. The van der Waals surface area contributed by atoms with Crippen LogP contribution in [0.25, 0.3) is 0 Å². The summed E-state index contributed by atoms with van der Waals surface area (Å²) in [7, 11) is 0. The van der Waals surface area contributed by atoms with Crippen molar-refractivity contribution in [2.75, 3.05) is 19.6 Å². The van der Waals surface area contributed by atoms with Crippen molar-refractivity contribution in [2.24, 2.45) is 5.92 Å². The first-order valence-corrected chi connectivity index (χ1v) is 9.50. The van der Waals surface area contributed by atoms with Gasteiger partial charge in [0.15, 0.2) is 0 Å². The number of alkyl carbamates (subject to hydrolysis) is 1. The lowest BCUT2D eigenvalue weighted by molar-refractivity contribution is -0.0289. The molecule has 1 heterocycles. The molecule has 1 aliphatic heterocycles. The molecule has 1 aromatic carbocycles. The Bertz CT molecular complexity index is 660. The van der Waals surface area contributed by atoms with Crippen LogP contribution in [0.5, 0.6) is 0 Å². The second kappa shape index (κ2) is 10.1. The first-order valence-electron chi connectivity index (χ1n) is 9.50.